The van der Waals surface area contributed by atoms with Crippen LogP contribution in [0.1, 0.15) is 30.4 Å². The average molecular weight is 347 g/mol. The van der Waals surface area contributed by atoms with E-state index in [1.807, 2.05) is 54.6 Å². The summed E-state index contributed by atoms with van der Waals surface area (Å²) in [5.41, 5.74) is 7.53. The van der Waals surface area contributed by atoms with E-state index in [4.69, 9.17) is 10.5 Å². The first kappa shape index (κ1) is 18.3. The summed E-state index contributed by atoms with van der Waals surface area (Å²) < 4.78 is 5.75. The second-order valence-electron chi connectivity index (χ2n) is 6.11. The normalized spacial score (nSPS) is 14.9. The Hall–Kier alpha value is -2.04. The van der Waals surface area contributed by atoms with Gasteiger partial charge < -0.3 is 15.8 Å². The van der Waals surface area contributed by atoms with Crippen LogP contribution in [0, 0.1) is 0 Å². The van der Waals surface area contributed by atoms with E-state index in [9.17, 15) is 4.79 Å². The molecule has 0 radical (unpaired) electrons. The SMILES string of the molecule is Cl.NC1(C(=O)NCc2ccc(OCc3ccccc3)cc2)CCC1. The first-order chi connectivity index (χ1) is 11.2. The van der Waals surface area contributed by atoms with Gasteiger partial charge in [-0.1, -0.05) is 42.5 Å². The van der Waals surface area contributed by atoms with Crippen LogP contribution in [0.2, 0.25) is 0 Å². The van der Waals surface area contributed by atoms with Gasteiger partial charge in [0.1, 0.15) is 12.4 Å². The number of nitrogens with one attached hydrogen (secondary N) is 1. The highest BCUT2D eigenvalue weighted by Crippen LogP contribution is 2.29. The molecule has 1 amide bonds. The van der Waals surface area contributed by atoms with E-state index in [0.29, 0.717) is 13.2 Å². The Morgan fingerprint density at radius 1 is 1.04 bits per heavy atom. The third-order valence-corrected chi connectivity index (χ3v) is 4.32. The zero-order chi connectivity index (χ0) is 16.1. The molecule has 0 atom stereocenters. The maximum Gasteiger partial charge on any atom is 0.240 e. The van der Waals surface area contributed by atoms with Crippen LogP contribution in [0.25, 0.3) is 0 Å². The van der Waals surface area contributed by atoms with Gasteiger partial charge >= 0.3 is 0 Å². The second kappa shape index (κ2) is 8.18. The number of carbonyl (C=O) groups is 1. The first-order valence-corrected chi connectivity index (χ1v) is 7.99. The molecule has 24 heavy (non-hydrogen) atoms. The Labute approximate surface area is 148 Å². The molecule has 0 saturated heterocycles. The molecular weight excluding hydrogens is 324 g/mol. The van der Waals surface area contributed by atoms with Crippen molar-refractivity contribution in [2.24, 2.45) is 5.73 Å². The molecule has 3 rings (SSSR count). The van der Waals surface area contributed by atoms with Crippen molar-refractivity contribution in [1.82, 2.24) is 5.32 Å². The largest absolute Gasteiger partial charge is 0.489 e. The lowest BCUT2D eigenvalue weighted by Crippen LogP contribution is -2.58. The van der Waals surface area contributed by atoms with Gasteiger partial charge in [0.15, 0.2) is 0 Å². The van der Waals surface area contributed by atoms with Gasteiger partial charge in [0.25, 0.3) is 0 Å². The van der Waals surface area contributed by atoms with Crippen molar-refractivity contribution >= 4 is 18.3 Å². The maximum absolute atomic E-state index is 12.0. The number of ether oxygens (including phenoxy) is 1. The van der Waals surface area contributed by atoms with Crippen LogP contribution in [0.5, 0.6) is 5.75 Å². The first-order valence-electron chi connectivity index (χ1n) is 7.99. The third-order valence-electron chi connectivity index (χ3n) is 4.32. The monoisotopic (exact) mass is 346 g/mol. The van der Waals surface area contributed by atoms with Gasteiger partial charge in [-0.15, -0.1) is 12.4 Å². The molecule has 2 aromatic carbocycles. The molecule has 1 aliphatic carbocycles. The number of carbonyl (C=O) groups excluding carboxylic acids is 1. The van der Waals surface area contributed by atoms with E-state index >= 15 is 0 Å². The number of hydrogen-bond donors (Lipinski definition) is 2. The molecule has 0 unspecified atom stereocenters. The van der Waals surface area contributed by atoms with Crippen LogP contribution in [-0.4, -0.2) is 11.4 Å². The van der Waals surface area contributed by atoms with Crippen molar-refractivity contribution in [1.29, 1.82) is 0 Å². The molecule has 0 bridgehead atoms. The molecule has 0 aliphatic heterocycles. The minimum absolute atomic E-state index is 0. The van der Waals surface area contributed by atoms with Crippen molar-refractivity contribution in [2.45, 2.75) is 38.0 Å². The Morgan fingerprint density at radius 2 is 1.71 bits per heavy atom. The van der Waals surface area contributed by atoms with E-state index < -0.39 is 5.54 Å². The van der Waals surface area contributed by atoms with E-state index in [2.05, 4.69) is 5.32 Å². The highest BCUT2D eigenvalue weighted by molar-refractivity contribution is 5.87. The Bertz CT molecular complexity index is 655. The molecule has 0 spiro atoms. The van der Waals surface area contributed by atoms with Crippen LogP contribution in [0.4, 0.5) is 0 Å². The summed E-state index contributed by atoms with van der Waals surface area (Å²) >= 11 is 0. The second-order valence-corrected chi connectivity index (χ2v) is 6.11. The number of amides is 1. The van der Waals surface area contributed by atoms with Crippen LogP contribution in [-0.2, 0) is 17.9 Å². The molecule has 4 nitrogen and oxygen atoms in total. The summed E-state index contributed by atoms with van der Waals surface area (Å²) in [6, 6.07) is 17.8. The third kappa shape index (κ3) is 4.49. The fraction of sp³-hybridized carbons (Fsp3) is 0.316. The quantitative estimate of drug-likeness (QED) is 0.844. The Morgan fingerprint density at radius 3 is 2.29 bits per heavy atom. The van der Waals surface area contributed by atoms with E-state index in [0.717, 1.165) is 36.1 Å². The number of rotatable bonds is 6. The van der Waals surface area contributed by atoms with Crippen LogP contribution in [0.15, 0.2) is 54.6 Å². The lowest BCUT2D eigenvalue weighted by molar-refractivity contribution is -0.129. The van der Waals surface area contributed by atoms with Gasteiger partial charge in [-0.3, -0.25) is 4.79 Å². The highest BCUT2D eigenvalue weighted by atomic mass is 35.5. The van der Waals surface area contributed by atoms with Crippen LogP contribution < -0.4 is 15.8 Å². The lowest BCUT2D eigenvalue weighted by atomic mass is 9.77. The Kier molecular flexibility index (Phi) is 6.23. The Balaban J connectivity index is 0.00000208. The van der Waals surface area contributed by atoms with E-state index in [-0.39, 0.29) is 18.3 Å². The number of benzene rings is 2. The van der Waals surface area contributed by atoms with Crippen molar-refractivity contribution in [3.63, 3.8) is 0 Å². The fourth-order valence-electron chi connectivity index (χ4n) is 2.59. The van der Waals surface area contributed by atoms with Crippen molar-refractivity contribution in [3.05, 3.63) is 65.7 Å². The molecule has 1 aliphatic rings. The summed E-state index contributed by atoms with van der Waals surface area (Å²) in [6.45, 7) is 1.05. The predicted octanol–water partition coefficient (Wildman–Crippen LogP) is 3.19. The summed E-state index contributed by atoms with van der Waals surface area (Å²) in [5, 5.41) is 2.91. The van der Waals surface area contributed by atoms with Gasteiger partial charge in [0.05, 0.1) is 5.54 Å². The van der Waals surface area contributed by atoms with Crippen molar-refractivity contribution in [2.75, 3.05) is 0 Å². The summed E-state index contributed by atoms with van der Waals surface area (Å²) in [4.78, 5) is 12.0. The molecular formula is C19H23ClN2O2. The minimum atomic E-state index is -0.640. The van der Waals surface area contributed by atoms with E-state index in [1.54, 1.807) is 0 Å². The fourth-order valence-corrected chi connectivity index (χ4v) is 2.59. The zero-order valence-corrected chi connectivity index (χ0v) is 14.4. The standard InChI is InChI=1S/C19H22N2O2.ClH/c20-19(11-4-12-19)18(22)21-13-15-7-9-17(10-8-15)23-14-16-5-2-1-3-6-16;/h1-3,5-10H,4,11-14,20H2,(H,21,22);1H. The highest BCUT2D eigenvalue weighted by Gasteiger charge is 2.39. The van der Waals surface area contributed by atoms with Gasteiger partial charge in [0, 0.05) is 6.54 Å². The lowest BCUT2D eigenvalue weighted by Gasteiger charge is -2.36. The molecule has 0 aromatic heterocycles. The molecule has 0 heterocycles. The molecule has 128 valence electrons. The minimum Gasteiger partial charge on any atom is -0.489 e. The van der Waals surface area contributed by atoms with Gasteiger partial charge in [0.2, 0.25) is 5.91 Å². The topological polar surface area (TPSA) is 64.4 Å². The number of halogens is 1. The van der Waals surface area contributed by atoms with Gasteiger partial charge in [-0.05, 0) is 42.5 Å². The molecule has 5 heteroatoms. The maximum atomic E-state index is 12.0. The van der Waals surface area contributed by atoms with Gasteiger partial charge in [-0.25, -0.2) is 0 Å². The van der Waals surface area contributed by atoms with E-state index in [1.165, 1.54) is 0 Å². The number of hydrogen-bond acceptors (Lipinski definition) is 3. The number of nitrogens with two attached hydrogens (primary N) is 1. The summed E-state index contributed by atoms with van der Waals surface area (Å²) in [6.07, 6.45) is 2.60. The molecule has 3 N–H and O–H groups in total. The summed E-state index contributed by atoms with van der Waals surface area (Å²) in [7, 11) is 0. The average Bonchev–Trinajstić information content (AvgIpc) is 2.57. The van der Waals surface area contributed by atoms with Crippen molar-refractivity contribution < 1.29 is 9.53 Å². The van der Waals surface area contributed by atoms with Crippen LogP contribution >= 0.6 is 12.4 Å². The predicted molar refractivity (Wildman–Crippen MR) is 97.1 cm³/mol. The zero-order valence-electron chi connectivity index (χ0n) is 13.5. The smallest absolute Gasteiger partial charge is 0.240 e. The molecule has 1 fully saturated rings. The van der Waals surface area contributed by atoms with Crippen LogP contribution in [0.3, 0.4) is 0 Å². The molecule has 1 saturated carbocycles. The molecule has 2 aromatic rings. The summed E-state index contributed by atoms with van der Waals surface area (Å²) in [5.74, 6) is 0.770. The van der Waals surface area contributed by atoms with Crippen molar-refractivity contribution in [3.8, 4) is 5.75 Å². The van der Waals surface area contributed by atoms with Gasteiger partial charge in [-0.2, -0.15) is 0 Å².